The van der Waals surface area contributed by atoms with Crippen molar-refractivity contribution >= 4 is 33.0 Å². The van der Waals surface area contributed by atoms with E-state index in [2.05, 4.69) is 10.3 Å². The fourth-order valence-electron chi connectivity index (χ4n) is 2.73. The molecule has 0 unspecified atom stereocenters. The second kappa shape index (κ2) is 8.41. The highest BCUT2D eigenvalue weighted by atomic mass is 35.5. The molecular formula is C21H18ClFN2O4S. The number of pyridine rings is 1. The number of anilines is 1. The topological polar surface area (TPSA) is 85.4 Å². The lowest BCUT2D eigenvalue weighted by Gasteiger charge is -2.15. The molecule has 1 aromatic heterocycles. The Balaban J connectivity index is 1.98. The molecule has 0 saturated heterocycles. The number of hydrogen-bond donors (Lipinski definition) is 1. The molecule has 6 nitrogen and oxygen atoms in total. The molecule has 1 heterocycles. The van der Waals surface area contributed by atoms with Crippen molar-refractivity contribution in [3.05, 3.63) is 76.2 Å². The average Bonchev–Trinajstić information content (AvgIpc) is 2.66. The Morgan fingerprint density at radius 2 is 1.90 bits per heavy atom. The lowest BCUT2D eigenvalue weighted by Crippen LogP contribution is -2.16. The number of hydrogen-bond acceptors (Lipinski definition) is 5. The lowest BCUT2D eigenvalue weighted by molar-refractivity contribution is 0.102. The number of rotatable bonds is 5. The van der Waals surface area contributed by atoms with E-state index in [0.717, 1.165) is 6.26 Å². The molecule has 2 aromatic carbocycles. The van der Waals surface area contributed by atoms with E-state index in [1.165, 1.54) is 42.6 Å². The van der Waals surface area contributed by atoms with Crippen molar-refractivity contribution in [2.75, 3.05) is 11.6 Å². The minimum Gasteiger partial charge on any atom is -0.438 e. The molecule has 1 N–H and O–H groups in total. The molecule has 0 fully saturated rings. The number of carbonyl (C=O) groups excluding carboxylic acids is 1. The van der Waals surface area contributed by atoms with Gasteiger partial charge < -0.3 is 10.1 Å². The minimum atomic E-state index is -3.44. The molecule has 0 bridgehead atoms. The first kappa shape index (κ1) is 21.7. The van der Waals surface area contributed by atoms with Gasteiger partial charge in [-0.15, -0.1) is 0 Å². The quantitative estimate of drug-likeness (QED) is 0.597. The van der Waals surface area contributed by atoms with Crippen LogP contribution in [0.3, 0.4) is 0 Å². The molecular weight excluding hydrogens is 431 g/mol. The van der Waals surface area contributed by atoms with Gasteiger partial charge in [-0.3, -0.25) is 4.79 Å². The molecule has 3 rings (SSSR count). The Morgan fingerprint density at radius 3 is 2.57 bits per heavy atom. The van der Waals surface area contributed by atoms with E-state index in [9.17, 15) is 17.6 Å². The van der Waals surface area contributed by atoms with Gasteiger partial charge in [0, 0.05) is 18.1 Å². The van der Waals surface area contributed by atoms with E-state index in [1.807, 2.05) is 0 Å². The van der Waals surface area contributed by atoms with E-state index in [-0.39, 0.29) is 27.0 Å². The molecule has 0 saturated carbocycles. The van der Waals surface area contributed by atoms with Crippen molar-refractivity contribution < 1.29 is 22.3 Å². The zero-order valence-corrected chi connectivity index (χ0v) is 17.9. The third kappa shape index (κ3) is 4.77. The maximum atomic E-state index is 13.4. The summed E-state index contributed by atoms with van der Waals surface area (Å²) in [6.45, 7) is 3.30. The number of aromatic nitrogens is 1. The summed E-state index contributed by atoms with van der Waals surface area (Å²) < 4.78 is 42.7. The molecule has 9 heteroatoms. The summed E-state index contributed by atoms with van der Waals surface area (Å²) in [4.78, 5) is 17.2. The van der Waals surface area contributed by atoms with Crippen molar-refractivity contribution in [2.24, 2.45) is 0 Å². The summed E-state index contributed by atoms with van der Waals surface area (Å²) in [5.41, 5.74) is 1.32. The Hall–Kier alpha value is -2.97. The first-order valence-electron chi connectivity index (χ1n) is 8.77. The molecule has 30 heavy (non-hydrogen) atoms. The molecule has 0 spiro atoms. The number of halogens is 2. The highest BCUT2D eigenvalue weighted by molar-refractivity contribution is 7.90. The Kier molecular flexibility index (Phi) is 6.09. The van der Waals surface area contributed by atoms with Gasteiger partial charge in [-0.25, -0.2) is 17.8 Å². The first-order chi connectivity index (χ1) is 14.1. The van der Waals surface area contributed by atoms with Crippen LogP contribution < -0.4 is 10.1 Å². The largest absolute Gasteiger partial charge is 0.438 e. The van der Waals surface area contributed by atoms with Crippen molar-refractivity contribution in [2.45, 2.75) is 18.7 Å². The molecule has 0 aliphatic heterocycles. The van der Waals surface area contributed by atoms with Gasteiger partial charge in [0.2, 0.25) is 5.88 Å². The minimum absolute atomic E-state index is 0.0108. The van der Waals surface area contributed by atoms with Crippen LogP contribution in [-0.4, -0.2) is 25.6 Å². The second-order valence-electron chi connectivity index (χ2n) is 6.68. The van der Waals surface area contributed by atoms with Gasteiger partial charge in [0.05, 0.1) is 9.92 Å². The smallest absolute Gasteiger partial charge is 0.261 e. The van der Waals surface area contributed by atoms with Crippen LogP contribution in [0.4, 0.5) is 10.1 Å². The summed E-state index contributed by atoms with van der Waals surface area (Å²) in [7, 11) is -3.44. The van der Waals surface area contributed by atoms with Crippen LogP contribution in [0, 0.1) is 19.7 Å². The summed E-state index contributed by atoms with van der Waals surface area (Å²) in [6, 6.07) is 9.84. The van der Waals surface area contributed by atoms with Gasteiger partial charge in [0.1, 0.15) is 17.1 Å². The molecule has 0 atom stereocenters. The number of ether oxygens (including phenoxy) is 1. The van der Waals surface area contributed by atoms with Crippen LogP contribution in [-0.2, 0) is 9.84 Å². The summed E-state index contributed by atoms with van der Waals surface area (Å²) in [5, 5.41) is 2.90. The monoisotopic (exact) mass is 448 g/mol. The van der Waals surface area contributed by atoms with Gasteiger partial charge >= 0.3 is 0 Å². The third-order valence-electron chi connectivity index (χ3n) is 4.33. The summed E-state index contributed by atoms with van der Waals surface area (Å²) in [6.07, 6.45) is 2.43. The van der Waals surface area contributed by atoms with E-state index in [1.54, 1.807) is 19.9 Å². The number of carbonyl (C=O) groups is 1. The van der Waals surface area contributed by atoms with Crippen molar-refractivity contribution in [1.82, 2.24) is 4.98 Å². The Bertz CT molecular complexity index is 1250. The molecule has 0 aliphatic rings. The maximum absolute atomic E-state index is 13.4. The number of benzene rings is 2. The van der Waals surface area contributed by atoms with Crippen LogP contribution in [0.15, 0.2) is 53.6 Å². The van der Waals surface area contributed by atoms with Crippen molar-refractivity contribution in [3.8, 4) is 11.6 Å². The fraction of sp³-hybridized carbons (Fsp3) is 0.143. The second-order valence-corrected chi connectivity index (χ2v) is 9.10. The van der Waals surface area contributed by atoms with E-state index in [4.69, 9.17) is 16.3 Å². The number of nitrogens with zero attached hydrogens (tertiary/aromatic N) is 1. The van der Waals surface area contributed by atoms with E-state index >= 15 is 0 Å². The first-order valence-corrected chi connectivity index (χ1v) is 11.0. The van der Waals surface area contributed by atoms with Gasteiger partial charge in [0.25, 0.3) is 5.91 Å². The van der Waals surface area contributed by atoms with E-state index < -0.39 is 21.6 Å². The normalized spacial score (nSPS) is 11.2. The zero-order valence-electron chi connectivity index (χ0n) is 16.4. The molecule has 0 radical (unpaired) electrons. The molecule has 3 aromatic rings. The summed E-state index contributed by atoms with van der Waals surface area (Å²) >= 11 is 6.15. The van der Waals surface area contributed by atoms with Crippen LogP contribution >= 0.6 is 11.6 Å². The highest BCUT2D eigenvalue weighted by Crippen LogP contribution is 2.32. The van der Waals surface area contributed by atoms with Crippen LogP contribution in [0.2, 0.25) is 5.02 Å². The van der Waals surface area contributed by atoms with Gasteiger partial charge in [-0.1, -0.05) is 17.7 Å². The number of aryl methyl sites for hydroxylation is 1. The van der Waals surface area contributed by atoms with Crippen molar-refractivity contribution in [3.63, 3.8) is 0 Å². The predicted molar refractivity (Wildman–Crippen MR) is 113 cm³/mol. The maximum Gasteiger partial charge on any atom is 0.261 e. The van der Waals surface area contributed by atoms with Gasteiger partial charge in [-0.05, 0) is 61.4 Å². The van der Waals surface area contributed by atoms with Crippen LogP contribution in [0.5, 0.6) is 11.6 Å². The third-order valence-corrected chi connectivity index (χ3v) is 5.82. The average molecular weight is 449 g/mol. The number of nitrogens with one attached hydrogen (secondary N) is 1. The number of amides is 1. The Morgan fingerprint density at radius 1 is 1.17 bits per heavy atom. The molecule has 156 valence electrons. The van der Waals surface area contributed by atoms with E-state index in [0.29, 0.717) is 16.9 Å². The van der Waals surface area contributed by atoms with Crippen LogP contribution in [0.25, 0.3) is 0 Å². The van der Waals surface area contributed by atoms with Gasteiger partial charge in [-0.2, -0.15) is 0 Å². The zero-order chi connectivity index (χ0) is 22.1. The Labute approximate surface area is 178 Å². The predicted octanol–water partition coefficient (Wildman–Crippen LogP) is 4.94. The fourth-order valence-corrected chi connectivity index (χ4v) is 3.54. The van der Waals surface area contributed by atoms with Crippen LogP contribution in [0.1, 0.15) is 21.5 Å². The highest BCUT2D eigenvalue weighted by Gasteiger charge is 2.21. The molecule has 0 aliphatic carbocycles. The SMILES string of the molecule is Cc1cc(F)ccc1Oc1ncc(Cl)c(C)c1C(=O)Nc1cccc(S(C)(=O)=O)c1. The lowest BCUT2D eigenvalue weighted by atomic mass is 10.1. The molecule has 1 amide bonds. The number of sulfone groups is 1. The standard InChI is InChI=1S/C21H18ClFN2O4S/c1-12-9-14(23)7-8-18(12)29-21-19(13(2)17(22)11-24-21)20(26)25-15-5-4-6-16(10-15)30(3,27)28/h4-11H,1-3H3,(H,25,26). The summed E-state index contributed by atoms with van der Waals surface area (Å²) in [5.74, 6) is -0.672. The van der Waals surface area contributed by atoms with Gasteiger partial charge in [0.15, 0.2) is 9.84 Å². The van der Waals surface area contributed by atoms with Crippen molar-refractivity contribution in [1.29, 1.82) is 0 Å².